The van der Waals surface area contributed by atoms with Crippen LogP contribution in [0.25, 0.3) is 0 Å². The first-order valence-corrected chi connectivity index (χ1v) is 8.98. The molecule has 10 heteroatoms. The first-order chi connectivity index (χ1) is 11.9. The van der Waals surface area contributed by atoms with E-state index in [1.165, 1.54) is 23.5 Å². The average Bonchev–Trinajstić information content (AvgIpc) is 3.05. The quantitative estimate of drug-likeness (QED) is 0.702. The van der Waals surface area contributed by atoms with Gasteiger partial charge >= 0.3 is 5.97 Å². The number of rotatable bonds is 9. The van der Waals surface area contributed by atoms with Crippen LogP contribution < -0.4 is 4.74 Å². The highest BCUT2D eigenvalue weighted by Gasteiger charge is 2.25. The minimum absolute atomic E-state index is 0.0680. The average molecular weight is 369 g/mol. The van der Waals surface area contributed by atoms with Gasteiger partial charge in [-0.05, 0) is 24.3 Å². The lowest BCUT2D eigenvalue weighted by molar-refractivity contribution is -0.137. The van der Waals surface area contributed by atoms with Gasteiger partial charge in [-0.2, -0.15) is 9.29 Å². The van der Waals surface area contributed by atoms with Crippen LogP contribution in [0.3, 0.4) is 0 Å². The molecule has 0 unspecified atom stereocenters. The van der Waals surface area contributed by atoms with Crippen molar-refractivity contribution < 1.29 is 27.6 Å². The van der Waals surface area contributed by atoms with E-state index in [0.29, 0.717) is 5.75 Å². The zero-order valence-electron chi connectivity index (χ0n) is 13.9. The second kappa shape index (κ2) is 8.08. The summed E-state index contributed by atoms with van der Waals surface area (Å²) in [5, 5.41) is 12.4. The fourth-order valence-corrected chi connectivity index (χ4v) is 3.49. The van der Waals surface area contributed by atoms with Gasteiger partial charge in [-0.1, -0.05) is 12.1 Å². The summed E-state index contributed by atoms with van der Waals surface area (Å²) in [5.41, 5.74) is 0. The fourth-order valence-electron chi connectivity index (χ4n) is 2.09. The molecule has 1 heterocycles. The molecule has 0 aliphatic heterocycles. The number of carboxylic acid groups (broad SMARTS) is 1. The molecule has 1 aromatic carbocycles. The van der Waals surface area contributed by atoms with E-state index < -0.39 is 16.0 Å². The zero-order valence-corrected chi connectivity index (χ0v) is 14.7. The summed E-state index contributed by atoms with van der Waals surface area (Å²) in [7, 11) is -2.23. The van der Waals surface area contributed by atoms with Gasteiger partial charge < -0.3 is 14.4 Å². The Labute approximate surface area is 145 Å². The van der Waals surface area contributed by atoms with E-state index in [1.54, 1.807) is 19.1 Å². The minimum Gasteiger partial charge on any atom is -0.497 e. The molecule has 25 heavy (non-hydrogen) atoms. The van der Waals surface area contributed by atoms with E-state index in [2.05, 4.69) is 10.1 Å². The molecule has 0 saturated carbocycles. The van der Waals surface area contributed by atoms with Crippen molar-refractivity contribution in [2.45, 2.75) is 31.2 Å². The van der Waals surface area contributed by atoms with Crippen LogP contribution in [0.5, 0.6) is 5.75 Å². The van der Waals surface area contributed by atoms with E-state index in [4.69, 9.17) is 14.4 Å². The Balaban J connectivity index is 2.13. The number of carbonyl (C=O) groups is 1. The molecule has 2 rings (SSSR count). The van der Waals surface area contributed by atoms with E-state index >= 15 is 0 Å². The van der Waals surface area contributed by atoms with Gasteiger partial charge in [0, 0.05) is 13.0 Å². The predicted molar refractivity (Wildman–Crippen MR) is 86.5 cm³/mol. The Bertz CT molecular complexity index is 816. The number of aryl methyl sites for hydroxylation is 1. The SMILES string of the molecule is CCN(Cc1noc(CCC(=O)O)n1)S(=O)(=O)c1ccc(OC)cc1. The maximum absolute atomic E-state index is 12.7. The molecule has 0 spiro atoms. The summed E-state index contributed by atoms with van der Waals surface area (Å²) >= 11 is 0. The van der Waals surface area contributed by atoms with Gasteiger partial charge in [-0.3, -0.25) is 4.79 Å². The number of nitrogens with zero attached hydrogens (tertiary/aromatic N) is 3. The first-order valence-electron chi connectivity index (χ1n) is 7.54. The van der Waals surface area contributed by atoms with Crippen molar-refractivity contribution in [2.24, 2.45) is 0 Å². The number of benzene rings is 1. The third kappa shape index (κ3) is 4.77. The number of hydrogen-bond acceptors (Lipinski definition) is 7. The Morgan fingerprint density at radius 2 is 2.00 bits per heavy atom. The van der Waals surface area contributed by atoms with Gasteiger partial charge in [-0.15, -0.1) is 0 Å². The number of methoxy groups -OCH3 is 1. The highest BCUT2D eigenvalue weighted by Crippen LogP contribution is 2.20. The normalized spacial score (nSPS) is 11.6. The van der Waals surface area contributed by atoms with Crippen molar-refractivity contribution in [3.05, 3.63) is 36.0 Å². The predicted octanol–water partition coefficient (Wildman–Crippen LogP) is 1.31. The molecule has 0 bridgehead atoms. The minimum atomic E-state index is -3.73. The van der Waals surface area contributed by atoms with Crippen molar-refractivity contribution in [3.8, 4) is 5.75 Å². The third-order valence-corrected chi connectivity index (χ3v) is 5.37. The molecule has 0 amide bonds. The third-order valence-electron chi connectivity index (χ3n) is 3.43. The Morgan fingerprint density at radius 1 is 1.32 bits per heavy atom. The van der Waals surface area contributed by atoms with Crippen LogP contribution in [0.4, 0.5) is 0 Å². The van der Waals surface area contributed by atoms with E-state index in [9.17, 15) is 13.2 Å². The number of ether oxygens (including phenoxy) is 1. The monoisotopic (exact) mass is 369 g/mol. The lowest BCUT2D eigenvalue weighted by Crippen LogP contribution is -2.30. The van der Waals surface area contributed by atoms with Crippen LogP contribution in [-0.2, 0) is 27.8 Å². The van der Waals surface area contributed by atoms with Crippen LogP contribution in [0.1, 0.15) is 25.1 Å². The Hall–Kier alpha value is -2.46. The van der Waals surface area contributed by atoms with E-state index in [-0.39, 0.29) is 42.5 Å². The van der Waals surface area contributed by atoms with Gasteiger partial charge in [0.05, 0.1) is 25.0 Å². The number of hydrogen-bond donors (Lipinski definition) is 1. The van der Waals surface area contributed by atoms with Crippen molar-refractivity contribution in [1.82, 2.24) is 14.4 Å². The zero-order chi connectivity index (χ0) is 18.4. The summed E-state index contributed by atoms with van der Waals surface area (Å²) in [6, 6.07) is 6.06. The van der Waals surface area contributed by atoms with Crippen LogP contribution in [0, 0.1) is 0 Å². The summed E-state index contributed by atoms with van der Waals surface area (Å²) < 4.78 is 36.6. The van der Waals surface area contributed by atoms with Gasteiger partial charge in [0.15, 0.2) is 5.82 Å². The molecule has 0 fully saturated rings. The van der Waals surface area contributed by atoms with Crippen LogP contribution in [0.15, 0.2) is 33.7 Å². The molecular weight excluding hydrogens is 350 g/mol. The number of carboxylic acids is 1. The molecule has 0 aliphatic rings. The summed E-state index contributed by atoms with van der Waals surface area (Å²) in [5.74, 6) is -0.0742. The second-order valence-electron chi connectivity index (χ2n) is 5.10. The van der Waals surface area contributed by atoms with E-state index in [1.807, 2.05) is 0 Å². The largest absolute Gasteiger partial charge is 0.497 e. The van der Waals surface area contributed by atoms with Crippen molar-refractivity contribution in [1.29, 1.82) is 0 Å². The van der Waals surface area contributed by atoms with Crippen molar-refractivity contribution in [2.75, 3.05) is 13.7 Å². The molecule has 0 atom stereocenters. The molecule has 9 nitrogen and oxygen atoms in total. The first kappa shape index (κ1) is 18.9. The Morgan fingerprint density at radius 3 is 2.56 bits per heavy atom. The molecular formula is C15H19N3O6S. The smallest absolute Gasteiger partial charge is 0.303 e. The summed E-state index contributed by atoms with van der Waals surface area (Å²) in [4.78, 5) is 14.7. The van der Waals surface area contributed by atoms with Gasteiger partial charge in [0.25, 0.3) is 0 Å². The number of aliphatic carboxylic acids is 1. The molecule has 136 valence electrons. The maximum Gasteiger partial charge on any atom is 0.303 e. The molecule has 2 aromatic rings. The molecule has 0 saturated heterocycles. The van der Waals surface area contributed by atoms with Gasteiger partial charge in [0.1, 0.15) is 5.75 Å². The second-order valence-corrected chi connectivity index (χ2v) is 7.04. The lowest BCUT2D eigenvalue weighted by atomic mass is 10.3. The molecule has 0 aliphatic carbocycles. The topological polar surface area (TPSA) is 123 Å². The van der Waals surface area contributed by atoms with E-state index in [0.717, 1.165) is 0 Å². The molecule has 0 radical (unpaired) electrons. The summed E-state index contributed by atoms with van der Waals surface area (Å²) in [6.07, 6.45) is -0.0387. The number of sulfonamides is 1. The highest BCUT2D eigenvalue weighted by atomic mass is 32.2. The van der Waals surface area contributed by atoms with Crippen molar-refractivity contribution in [3.63, 3.8) is 0 Å². The molecule has 1 aromatic heterocycles. The number of aromatic nitrogens is 2. The molecule has 1 N–H and O–H groups in total. The lowest BCUT2D eigenvalue weighted by Gasteiger charge is -2.18. The van der Waals surface area contributed by atoms with Gasteiger partial charge in [-0.25, -0.2) is 8.42 Å². The van der Waals surface area contributed by atoms with Gasteiger partial charge in [0.2, 0.25) is 15.9 Å². The standard InChI is InChI=1S/C15H19N3O6S/c1-3-18(10-13-16-14(24-17-13)8-9-15(19)20)25(21,22)12-6-4-11(23-2)5-7-12/h4-7H,3,8-10H2,1-2H3,(H,19,20). The fraction of sp³-hybridized carbons (Fsp3) is 0.400. The Kier molecular flexibility index (Phi) is 6.10. The van der Waals surface area contributed by atoms with Crippen molar-refractivity contribution >= 4 is 16.0 Å². The van der Waals surface area contributed by atoms with Crippen LogP contribution in [0.2, 0.25) is 0 Å². The van der Waals surface area contributed by atoms with Crippen LogP contribution in [-0.4, -0.2) is 47.6 Å². The van der Waals surface area contributed by atoms with Crippen LogP contribution >= 0.6 is 0 Å². The summed E-state index contributed by atoms with van der Waals surface area (Å²) in [6.45, 7) is 1.85. The highest BCUT2D eigenvalue weighted by molar-refractivity contribution is 7.89. The maximum atomic E-state index is 12.7.